The number of hydrogen-bond donors (Lipinski definition) is 1. The minimum absolute atomic E-state index is 0.0457. The van der Waals surface area contributed by atoms with E-state index in [4.69, 9.17) is 4.74 Å². The molecule has 2 aromatic carbocycles. The zero-order chi connectivity index (χ0) is 20.6. The van der Waals surface area contributed by atoms with Crippen molar-refractivity contribution in [1.82, 2.24) is 10.2 Å². The highest BCUT2D eigenvalue weighted by Crippen LogP contribution is 2.36. The van der Waals surface area contributed by atoms with Gasteiger partial charge < -0.3 is 19.9 Å². The van der Waals surface area contributed by atoms with Crippen molar-refractivity contribution in [3.8, 4) is 5.75 Å². The molecule has 0 atom stereocenters. The molecule has 2 aliphatic heterocycles. The molecule has 29 heavy (non-hydrogen) atoms. The Balaban J connectivity index is 1.46. The number of benzene rings is 2. The fourth-order valence-electron chi connectivity index (χ4n) is 4.22. The van der Waals surface area contributed by atoms with Crippen LogP contribution in [-0.2, 0) is 11.2 Å². The molecule has 0 saturated carbocycles. The summed E-state index contributed by atoms with van der Waals surface area (Å²) in [7, 11) is 3.47. The van der Waals surface area contributed by atoms with Gasteiger partial charge in [0.1, 0.15) is 17.2 Å². The summed E-state index contributed by atoms with van der Waals surface area (Å²) in [5, 5.41) is 3.09. The van der Waals surface area contributed by atoms with Crippen LogP contribution < -0.4 is 15.0 Å². The van der Waals surface area contributed by atoms with Gasteiger partial charge in [-0.2, -0.15) is 0 Å². The summed E-state index contributed by atoms with van der Waals surface area (Å²) in [6.45, 7) is 1.05. The van der Waals surface area contributed by atoms with Gasteiger partial charge in [-0.05, 0) is 35.9 Å². The number of nitrogens with zero attached hydrogens (tertiary/aromatic N) is 2. The molecule has 1 N–H and O–H groups in total. The molecule has 0 aliphatic carbocycles. The van der Waals surface area contributed by atoms with E-state index >= 15 is 0 Å². The Hall–Kier alpha value is -3.09. The minimum Gasteiger partial charge on any atom is -0.497 e. The molecule has 7 heteroatoms. The molecule has 1 saturated heterocycles. The lowest BCUT2D eigenvalue weighted by Gasteiger charge is -2.51. The first-order valence-electron chi connectivity index (χ1n) is 9.68. The highest BCUT2D eigenvalue weighted by molar-refractivity contribution is 6.02. The van der Waals surface area contributed by atoms with Crippen molar-refractivity contribution in [3.63, 3.8) is 0 Å². The van der Waals surface area contributed by atoms with E-state index in [9.17, 15) is 14.0 Å². The predicted molar refractivity (Wildman–Crippen MR) is 108 cm³/mol. The number of fused-ring (bicyclic) bond motifs is 1. The zero-order valence-electron chi connectivity index (χ0n) is 16.6. The van der Waals surface area contributed by atoms with E-state index in [0.29, 0.717) is 43.6 Å². The van der Waals surface area contributed by atoms with E-state index in [1.165, 1.54) is 18.2 Å². The maximum absolute atomic E-state index is 13.8. The quantitative estimate of drug-likeness (QED) is 0.865. The van der Waals surface area contributed by atoms with Gasteiger partial charge in [0.2, 0.25) is 5.91 Å². The molecular weight excluding hydrogens is 373 g/mol. The van der Waals surface area contributed by atoms with Crippen LogP contribution in [0, 0.1) is 5.82 Å². The smallest absolute Gasteiger partial charge is 0.255 e. The first kappa shape index (κ1) is 19.2. The number of hydrogen-bond acceptors (Lipinski definition) is 4. The van der Waals surface area contributed by atoms with E-state index in [2.05, 4.69) is 5.32 Å². The number of rotatable bonds is 3. The molecule has 2 aliphatic rings. The van der Waals surface area contributed by atoms with Crippen LogP contribution in [0.3, 0.4) is 0 Å². The lowest BCUT2D eigenvalue weighted by atomic mass is 9.90. The van der Waals surface area contributed by atoms with Gasteiger partial charge in [-0.3, -0.25) is 9.59 Å². The molecule has 4 rings (SSSR count). The van der Waals surface area contributed by atoms with Crippen LogP contribution in [-0.4, -0.2) is 49.6 Å². The SMILES string of the molecule is COc1cccc(CC(=O)N2CCC3(CC2)NC(=O)c2ccc(F)cc2N3C)c1. The average molecular weight is 397 g/mol. The van der Waals surface area contributed by atoms with Gasteiger partial charge in [-0.1, -0.05) is 12.1 Å². The van der Waals surface area contributed by atoms with Crippen LogP contribution in [0.5, 0.6) is 5.75 Å². The second kappa shape index (κ2) is 7.39. The summed E-state index contributed by atoms with van der Waals surface area (Å²) in [5.41, 5.74) is 1.35. The Morgan fingerprint density at radius 2 is 1.97 bits per heavy atom. The third-order valence-corrected chi connectivity index (χ3v) is 5.99. The number of carbonyl (C=O) groups is 2. The number of amides is 2. The summed E-state index contributed by atoms with van der Waals surface area (Å²) in [5.74, 6) is 0.204. The largest absolute Gasteiger partial charge is 0.497 e. The molecule has 0 unspecified atom stereocenters. The van der Waals surface area contributed by atoms with Gasteiger partial charge in [0.15, 0.2) is 0 Å². The Bertz CT molecular complexity index is 954. The van der Waals surface area contributed by atoms with Crippen molar-refractivity contribution in [2.24, 2.45) is 0 Å². The molecule has 6 nitrogen and oxygen atoms in total. The van der Waals surface area contributed by atoms with Crippen molar-refractivity contribution >= 4 is 17.5 Å². The van der Waals surface area contributed by atoms with Gasteiger partial charge in [0, 0.05) is 33.0 Å². The third kappa shape index (κ3) is 3.52. The van der Waals surface area contributed by atoms with Gasteiger partial charge in [0.05, 0.1) is 24.8 Å². The van der Waals surface area contributed by atoms with Gasteiger partial charge in [0.25, 0.3) is 5.91 Å². The fourth-order valence-corrected chi connectivity index (χ4v) is 4.22. The van der Waals surface area contributed by atoms with Gasteiger partial charge in [-0.15, -0.1) is 0 Å². The van der Waals surface area contributed by atoms with E-state index in [1.54, 1.807) is 7.11 Å². The number of carbonyl (C=O) groups excluding carboxylic acids is 2. The number of piperidine rings is 1. The maximum atomic E-state index is 13.8. The van der Waals surface area contributed by atoms with E-state index < -0.39 is 5.66 Å². The molecule has 0 bridgehead atoms. The first-order valence-corrected chi connectivity index (χ1v) is 9.68. The summed E-state index contributed by atoms with van der Waals surface area (Å²) < 4.78 is 19.0. The lowest BCUT2D eigenvalue weighted by molar-refractivity contribution is -0.132. The Morgan fingerprint density at radius 1 is 1.21 bits per heavy atom. The van der Waals surface area contributed by atoms with Crippen LogP contribution in [0.4, 0.5) is 10.1 Å². The van der Waals surface area contributed by atoms with E-state index in [0.717, 1.165) is 11.3 Å². The molecule has 1 spiro atoms. The molecule has 2 amide bonds. The highest BCUT2D eigenvalue weighted by Gasteiger charge is 2.44. The van der Waals surface area contributed by atoms with Gasteiger partial charge >= 0.3 is 0 Å². The van der Waals surface area contributed by atoms with Crippen LogP contribution in [0.25, 0.3) is 0 Å². The number of halogens is 1. The summed E-state index contributed by atoms with van der Waals surface area (Å²) in [4.78, 5) is 29.1. The molecule has 2 aromatic rings. The number of anilines is 1. The van der Waals surface area contributed by atoms with Crippen LogP contribution in [0.2, 0.25) is 0 Å². The molecule has 2 heterocycles. The normalized spacial score (nSPS) is 17.7. The summed E-state index contributed by atoms with van der Waals surface area (Å²) in [6, 6.07) is 11.7. The van der Waals surface area contributed by atoms with E-state index in [1.807, 2.05) is 41.1 Å². The van der Waals surface area contributed by atoms with Crippen LogP contribution in [0.15, 0.2) is 42.5 Å². The van der Waals surface area contributed by atoms with Gasteiger partial charge in [-0.25, -0.2) is 4.39 Å². The molecule has 0 aromatic heterocycles. The second-order valence-corrected chi connectivity index (χ2v) is 7.62. The second-order valence-electron chi connectivity index (χ2n) is 7.62. The molecular formula is C22H24FN3O3. The number of likely N-dealkylation sites (tertiary alicyclic amines) is 1. The summed E-state index contributed by atoms with van der Waals surface area (Å²) >= 11 is 0. The van der Waals surface area contributed by atoms with Crippen LogP contribution >= 0.6 is 0 Å². The van der Waals surface area contributed by atoms with Crippen molar-refractivity contribution in [2.45, 2.75) is 24.9 Å². The maximum Gasteiger partial charge on any atom is 0.255 e. The van der Waals surface area contributed by atoms with Crippen molar-refractivity contribution < 1.29 is 18.7 Å². The monoisotopic (exact) mass is 397 g/mol. The van der Waals surface area contributed by atoms with E-state index in [-0.39, 0.29) is 17.6 Å². The third-order valence-electron chi connectivity index (χ3n) is 5.99. The number of methoxy groups -OCH3 is 1. The molecule has 0 radical (unpaired) electrons. The number of nitrogens with one attached hydrogen (secondary N) is 1. The minimum atomic E-state index is -0.607. The number of ether oxygens (including phenoxy) is 1. The van der Waals surface area contributed by atoms with Crippen LogP contribution in [0.1, 0.15) is 28.8 Å². The average Bonchev–Trinajstić information content (AvgIpc) is 2.72. The summed E-state index contributed by atoms with van der Waals surface area (Å²) in [6.07, 6.45) is 1.46. The topological polar surface area (TPSA) is 61.9 Å². The molecule has 1 fully saturated rings. The van der Waals surface area contributed by atoms with Crippen molar-refractivity contribution in [3.05, 3.63) is 59.4 Å². The fraction of sp³-hybridized carbons (Fsp3) is 0.364. The highest BCUT2D eigenvalue weighted by atomic mass is 19.1. The predicted octanol–water partition coefficient (Wildman–Crippen LogP) is 2.58. The van der Waals surface area contributed by atoms with Crippen molar-refractivity contribution in [2.75, 3.05) is 32.1 Å². The Morgan fingerprint density at radius 3 is 2.69 bits per heavy atom. The lowest BCUT2D eigenvalue weighted by Crippen LogP contribution is -2.67. The van der Waals surface area contributed by atoms with Crippen molar-refractivity contribution in [1.29, 1.82) is 0 Å². The zero-order valence-corrected chi connectivity index (χ0v) is 16.6. The Kier molecular flexibility index (Phi) is 4.90. The first-order chi connectivity index (χ1) is 13.9. The molecule has 152 valence electrons. The Labute approximate surface area is 169 Å². The standard InChI is InChI=1S/C22H24FN3O3/c1-25-19-14-16(23)6-7-18(19)21(28)24-22(25)8-10-26(11-9-22)20(27)13-15-4-3-5-17(12-15)29-2/h3-7,12,14H,8-11,13H2,1-2H3,(H,24,28).